The predicted octanol–water partition coefficient (Wildman–Crippen LogP) is 17.3. The van der Waals surface area contributed by atoms with Crippen molar-refractivity contribution in [2.75, 3.05) is 31.3 Å². The summed E-state index contributed by atoms with van der Waals surface area (Å²) < 4.78 is 113. The van der Waals surface area contributed by atoms with Crippen LogP contribution in [-0.4, -0.2) is 172 Å². The van der Waals surface area contributed by atoms with Crippen molar-refractivity contribution in [1.82, 2.24) is 72.5 Å². The first-order valence-electron chi connectivity index (χ1n) is 42.7. The van der Waals surface area contributed by atoms with Crippen molar-refractivity contribution in [2.45, 2.75) is 123 Å². The van der Waals surface area contributed by atoms with Crippen molar-refractivity contribution in [2.24, 2.45) is 0 Å². The summed E-state index contributed by atoms with van der Waals surface area (Å²) in [6, 6.07) is 59.7. The van der Waals surface area contributed by atoms with E-state index in [2.05, 4.69) is 91.7 Å². The molecule has 41 nitrogen and oxygen atoms in total. The molecule has 7 amide bonds. The van der Waals surface area contributed by atoms with Crippen molar-refractivity contribution in [3.8, 4) is 0 Å². The second-order valence-corrected chi connectivity index (χ2v) is 41.5. The largest absolute Gasteiger partial charge is 0.444 e. The maximum Gasteiger partial charge on any atom is 0.412 e. The molecule has 2 aliphatic rings. The highest BCUT2D eigenvalue weighted by Gasteiger charge is 2.30. The number of rotatable bonds is 29. The number of halogens is 5. The summed E-state index contributed by atoms with van der Waals surface area (Å²) in [4.78, 5) is 121. The maximum atomic E-state index is 12.5. The molecule has 2 aliphatic heterocycles. The molecule has 0 spiro atoms. The monoisotopic (exact) mass is 2260 g/mol. The number of carbonyl (C=O) groups is 8. The maximum absolute atomic E-state index is 12.5. The molecule has 16 N–H and O–H groups in total. The molecule has 9 heterocycles. The average molecular weight is 2270 g/mol. The Kier molecular flexibility index (Phi) is 47.8. The summed E-state index contributed by atoms with van der Waals surface area (Å²) in [6.07, 6.45) is 14.7. The van der Waals surface area contributed by atoms with Crippen LogP contribution in [0.15, 0.2) is 272 Å². The fourth-order valence-corrected chi connectivity index (χ4v) is 19.6. The number of carbonyl (C=O) groups excluding carboxylic acids is 8. The van der Waals surface area contributed by atoms with Gasteiger partial charge < -0.3 is 15.4 Å². The zero-order valence-corrected chi connectivity index (χ0v) is 84.6. The summed E-state index contributed by atoms with van der Waals surface area (Å²) in [7, 11) is -13.4. The van der Waals surface area contributed by atoms with Crippen LogP contribution in [0.1, 0.15) is 182 Å². The van der Waals surface area contributed by atoms with E-state index in [0.29, 0.717) is 61.7 Å². The molecule has 0 aliphatic carbocycles. The second-order valence-electron chi connectivity index (χ2n) is 32.1. The zero-order chi connectivity index (χ0) is 105. The lowest BCUT2D eigenvalue weighted by Crippen LogP contribution is -2.32. The molecule has 1 fully saturated rings. The number of Topliss-reactive ketones (excluding diaryl/α,β-unsaturated/α-hetero) is 1. The van der Waals surface area contributed by atoms with E-state index in [0.717, 1.165) is 32.5 Å². The number of aromatic nitrogens is 7. The number of nitrogens with zero attached hydrogens (tertiary/aromatic N) is 8. The summed E-state index contributed by atoms with van der Waals surface area (Å²) in [5.41, 5.74) is 13.0. The van der Waals surface area contributed by atoms with Crippen molar-refractivity contribution in [1.29, 1.82) is 0 Å². The van der Waals surface area contributed by atoms with E-state index in [4.69, 9.17) is 72.0 Å². The lowest BCUT2D eigenvalue weighted by molar-refractivity contribution is -0.0652. The van der Waals surface area contributed by atoms with Crippen LogP contribution in [0.5, 0.6) is 0 Å². The topological polar surface area (TPSA) is 609 Å². The number of amides is 7. The highest BCUT2D eigenvalue weighted by Crippen LogP contribution is 2.34. The molecular weight excluding hydrogens is 2160 g/mol. The standard InChI is InChI=1S/C20H23N3O4.C20H21N3O2.C16H14N4O4S.C13H12BrN3O4S.2C13H11Cl2N3O4S.4CH4/c1-20(2,3)27-19(26)23-15-8-6-5-7-13(15)11-17(24)14-9-10-16(22-12-14)18(25)21-4;24-20(23(25)13-14-4-2-1-3-5-14)19-12-15(8-9-21-19)16-10-17-6-7-18(11-16)22-17;21-16(19-22)14-9-13(6-8-17-14)20-25(23,24)10-12-4-1-3-11-5-2-7-18-15(11)12;14-10-3-1-2-9(6-10)8-22(20,21)17-11-4-5-15-12(7-11)13(18)16-19;14-10-2-1-8(5-11(10)15)7-23(21,22)18-9-3-4-16-12(6-9)13(19)17-20;14-10-3-1-2-8(12(10)15)7-23(21,22)18-9-4-5-16-11(6-9)13(19)17-20;;;;/h5-10,12H,11H2,1-4H3,(H,21,25)(H,23,26);1-5,8-10,12,17-18,22,25H,6-7,11,13H2;1-9,22H,10H2,(H,17,20)(H,19,21);1-7,19H,8H2,(H,15,17)(H,16,18);2*1-6,20H,7H2,(H,16,18)(H,17,19);4*1H4. The molecule has 149 heavy (non-hydrogen) atoms. The van der Waals surface area contributed by atoms with Crippen LogP contribution >= 0.6 is 62.3 Å². The van der Waals surface area contributed by atoms with Crippen LogP contribution in [-0.2, 0) is 80.8 Å². The molecule has 2 bridgehead atoms. The Morgan fingerprint density at radius 3 is 1.42 bits per heavy atom. The van der Waals surface area contributed by atoms with Gasteiger partial charge in [-0.15, -0.1) is 0 Å². The molecule has 6 aromatic carbocycles. The van der Waals surface area contributed by atoms with Gasteiger partial charge in [0.15, 0.2) is 5.78 Å². The van der Waals surface area contributed by atoms with E-state index in [1.165, 1.54) is 145 Å². The number of hydrogen-bond donors (Lipinski definition) is 16. The first-order valence-corrected chi connectivity index (χ1v) is 51.7. The van der Waals surface area contributed by atoms with E-state index >= 15 is 0 Å². The lowest BCUT2D eigenvalue weighted by atomic mass is 9.96. The Labute approximate surface area is 889 Å². The summed E-state index contributed by atoms with van der Waals surface area (Å²) in [5, 5.41) is 55.7. The summed E-state index contributed by atoms with van der Waals surface area (Å²) in [6.45, 7) is 5.47. The van der Waals surface area contributed by atoms with Crippen molar-refractivity contribution in [3.05, 3.63) is 371 Å². The lowest BCUT2D eigenvalue weighted by Gasteiger charge is -2.22. The van der Waals surface area contributed by atoms with E-state index in [-0.39, 0.29) is 144 Å². The van der Waals surface area contributed by atoms with Gasteiger partial charge in [0.2, 0.25) is 40.1 Å². The van der Waals surface area contributed by atoms with Crippen molar-refractivity contribution < 1.29 is 103 Å². The van der Waals surface area contributed by atoms with Crippen molar-refractivity contribution in [3.63, 3.8) is 0 Å². The van der Waals surface area contributed by atoms with Gasteiger partial charge in [-0.25, -0.2) is 65.4 Å². The van der Waals surface area contributed by atoms with Crippen LogP contribution in [0, 0.1) is 0 Å². The Hall–Kier alpha value is -14.5. The second kappa shape index (κ2) is 57.7. The molecule has 2 unspecified atom stereocenters. The SMILES string of the molecule is C.C.C.C.CNC(=O)c1ccc(C(=O)Cc2ccccc2NC(=O)OC(C)(C)C)cn1.O=C(NO)c1cc(NS(=O)(=O)Cc2ccc(Cl)c(Cl)c2)ccn1.O=C(NO)c1cc(NS(=O)(=O)Cc2cccc(Br)c2)ccn1.O=C(NO)c1cc(NS(=O)(=O)Cc2cccc(Cl)c2Cl)ccn1.O=C(NO)c1cc(NS(=O)(=O)Cc2cccc3cccnc23)ccn1.O=C(c1cc(C2=CC3CCC(C2)N3)ccn1)N(O)Cc1ccccc1. The number of fused-ring (bicyclic) bond motifs is 3. The number of hydrogen-bond acceptors (Lipinski definition) is 30. The van der Waals surface area contributed by atoms with Gasteiger partial charge in [-0.2, -0.15) is 0 Å². The number of para-hydroxylation sites is 2. The number of anilines is 5. The fraction of sp³-hybridized carbons (Fsp3) is 0.202. The molecule has 2 atom stereocenters. The molecular formula is C99H108BrCl4N19O22S4. The molecule has 13 aromatic rings. The third kappa shape index (κ3) is 39.3. The minimum atomic E-state index is -3.79. The number of ether oxygens (including phenoxy) is 1. The van der Waals surface area contributed by atoms with Crippen molar-refractivity contribution >= 4 is 195 Å². The molecule has 1 saturated heterocycles. The molecule has 15 rings (SSSR count). The Morgan fingerprint density at radius 1 is 0.450 bits per heavy atom. The van der Waals surface area contributed by atoms with Gasteiger partial charge in [0.1, 0.15) is 39.8 Å². The van der Waals surface area contributed by atoms with Gasteiger partial charge in [-0.3, -0.25) is 119 Å². The minimum Gasteiger partial charge on any atom is -0.444 e. The van der Waals surface area contributed by atoms with Crippen LogP contribution in [0.3, 0.4) is 0 Å². The van der Waals surface area contributed by atoms with Gasteiger partial charge in [0.05, 0.1) is 77.9 Å². The van der Waals surface area contributed by atoms with E-state index in [9.17, 15) is 77.2 Å². The first kappa shape index (κ1) is 123. The fourth-order valence-electron chi connectivity index (χ4n) is 13.6. The molecule has 790 valence electrons. The summed E-state index contributed by atoms with van der Waals surface area (Å²) in [5.74, 6) is -5.55. The van der Waals surface area contributed by atoms with E-state index < -0.39 is 87.1 Å². The zero-order valence-electron chi connectivity index (χ0n) is 76.7. The molecule has 0 saturated carbocycles. The molecule has 7 aromatic heterocycles. The quantitative estimate of drug-likeness (QED) is 0.0118. The third-order valence-corrected chi connectivity index (χ3v) is 27.0. The normalized spacial score (nSPS) is 12.5. The third-order valence-electron chi connectivity index (χ3n) is 19.9. The number of sulfonamides is 4. The Morgan fingerprint density at radius 2 is 0.919 bits per heavy atom. The van der Waals surface area contributed by atoms with E-state index in [1.807, 2.05) is 48.5 Å². The van der Waals surface area contributed by atoms with Crippen LogP contribution < -0.4 is 56.8 Å². The number of ketones is 1. The van der Waals surface area contributed by atoms with Crippen LogP contribution in [0.4, 0.5) is 33.2 Å². The minimum absolute atomic E-state index is 0. The van der Waals surface area contributed by atoms with Gasteiger partial charge in [-0.05, 0) is 200 Å². The van der Waals surface area contributed by atoms with Gasteiger partial charge in [0, 0.05) is 90.0 Å². The number of benzene rings is 6. The molecule has 50 heteroatoms. The number of hydroxylamine groups is 6. The Balaban J connectivity index is 0.000000272. The summed E-state index contributed by atoms with van der Waals surface area (Å²) >= 11 is 26.7. The first-order chi connectivity index (χ1) is 68.9. The smallest absolute Gasteiger partial charge is 0.412 e. The molecule has 0 radical (unpaired) electrons. The number of nitrogens with one attached hydrogen (secondary N) is 11. The number of pyridine rings is 7. The highest BCUT2D eigenvalue weighted by molar-refractivity contribution is 9.10. The average Bonchev–Trinajstić information content (AvgIpc) is 1.59. The highest BCUT2D eigenvalue weighted by atomic mass is 79.9. The van der Waals surface area contributed by atoms with E-state index in [1.54, 1.807) is 136 Å². The van der Waals surface area contributed by atoms with Gasteiger partial charge in [0.25, 0.3) is 35.4 Å². The van der Waals surface area contributed by atoms with Gasteiger partial charge in [-0.1, -0.05) is 201 Å². The Bertz CT molecular complexity index is 7410. The van der Waals surface area contributed by atoms with Crippen LogP contribution in [0.2, 0.25) is 20.1 Å². The van der Waals surface area contributed by atoms with Gasteiger partial charge >= 0.3 is 6.09 Å². The predicted molar refractivity (Wildman–Crippen MR) is 572 cm³/mol. The van der Waals surface area contributed by atoms with Crippen LogP contribution in [0.25, 0.3) is 16.5 Å².